The molecule has 0 spiro atoms. The number of benzene rings is 2. The first-order valence-electron chi connectivity index (χ1n) is 7.80. The van der Waals surface area contributed by atoms with Crippen molar-refractivity contribution in [1.82, 2.24) is 4.31 Å². The second-order valence-corrected chi connectivity index (χ2v) is 7.92. The van der Waals surface area contributed by atoms with Crippen LogP contribution in [0.1, 0.15) is 16.7 Å². The minimum Gasteiger partial charge on any atom is -0.493 e. The largest absolute Gasteiger partial charge is 0.493 e. The molecule has 0 unspecified atom stereocenters. The van der Waals surface area contributed by atoms with Gasteiger partial charge in [-0.1, -0.05) is 12.1 Å². The minimum absolute atomic E-state index is 0.0561. The number of alkyl halides is 2. The lowest BCUT2D eigenvalue weighted by Crippen LogP contribution is -2.26. The van der Waals surface area contributed by atoms with Crippen LogP contribution in [0.3, 0.4) is 0 Å². The summed E-state index contributed by atoms with van der Waals surface area (Å²) in [6, 6.07) is 9.28. The highest BCUT2D eigenvalue weighted by Gasteiger charge is 2.22. The fourth-order valence-corrected chi connectivity index (χ4v) is 3.64. The predicted molar refractivity (Wildman–Crippen MR) is 94.2 cm³/mol. The summed E-state index contributed by atoms with van der Waals surface area (Å²) in [5.74, 6) is 0.00528. The van der Waals surface area contributed by atoms with Gasteiger partial charge in [0.2, 0.25) is 10.0 Å². The molecule has 26 heavy (non-hydrogen) atoms. The van der Waals surface area contributed by atoms with Gasteiger partial charge in [-0.3, -0.25) is 0 Å². The van der Waals surface area contributed by atoms with Crippen LogP contribution in [0.4, 0.5) is 8.78 Å². The molecule has 0 aliphatic heterocycles. The maximum atomic E-state index is 12.7. The number of aryl methyl sites for hydroxylation is 2. The number of hydrogen-bond donors (Lipinski definition) is 0. The van der Waals surface area contributed by atoms with Crippen LogP contribution in [0.25, 0.3) is 0 Å². The standard InChI is InChI=1S/C18H21F2NO4S/c1-12-5-7-15(9-13(12)2)26(22,23)21(3)11-14-6-8-16(25-18(19)20)17(10-14)24-4/h5-10,18H,11H2,1-4H3. The van der Waals surface area contributed by atoms with Gasteiger partial charge in [0.25, 0.3) is 0 Å². The van der Waals surface area contributed by atoms with E-state index in [1.165, 1.54) is 36.7 Å². The smallest absolute Gasteiger partial charge is 0.387 e. The number of halogens is 2. The molecule has 2 aromatic carbocycles. The topological polar surface area (TPSA) is 55.8 Å². The minimum atomic E-state index is -3.68. The van der Waals surface area contributed by atoms with E-state index in [1.807, 2.05) is 13.8 Å². The van der Waals surface area contributed by atoms with Crippen molar-refractivity contribution < 1.29 is 26.7 Å². The van der Waals surface area contributed by atoms with E-state index in [0.717, 1.165) is 11.1 Å². The van der Waals surface area contributed by atoms with Crippen molar-refractivity contribution in [3.63, 3.8) is 0 Å². The first-order valence-corrected chi connectivity index (χ1v) is 9.24. The average molecular weight is 385 g/mol. The second-order valence-electron chi connectivity index (χ2n) is 5.87. The summed E-state index contributed by atoms with van der Waals surface area (Å²) in [5.41, 5.74) is 2.47. The van der Waals surface area contributed by atoms with Crippen LogP contribution < -0.4 is 9.47 Å². The van der Waals surface area contributed by atoms with Gasteiger partial charge in [0, 0.05) is 13.6 Å². The summed E-state index contributed by atoms with van der Waals surface area (Å²) in [4.78, 5) is 0.202. The van der Waals surface area contributed by atoms with Gasteiger partial charge in [-0.2, -0.15) is 13.1 Å². The zero-order valence-corrected chi connectivity index (χ0v) is 15.8. The molecule has 0 saturated heterocycles. The number of nitrogens with zero attached hydrogens (tertiary/aromatic N) is 1. The Bertz CT molecular complexity index is 885. The van der Waals surface area contributed by atoms with Crippen LogP contribution in [0.2, 0.25) is 0 Å². The van der Waals surface area contributed by atoms with Gasteiger partial charge in [-0.25, -0.2) is 8.42 Å². The molecule has 2 aromatic rings. The summed E-state index contributed by atoms with van der Waals surface area (Å²) in [6.45, 7) is 0.842. The average Bonchev–Trinajstić information content (AvgIpc) is 2.57. The van der Waals surface area contributed by atoms with E-state index >= 15 is 0 Å². The number of rotatable bonds is 7. The molecule has 0 fully saturated rings. The van der Waals surface area contributed by atoms with E-state index in [9.17, 15) is 17.2 Å². The van der Waals surface area contributed by atoms with Crippen molar-refractivity contribution >= 4 is 10.0 Å². The highest BCUT2D eigenvalue weighted by molar-refractivity contribution is 7.89. The van der Waals surface area contributed by atoms with Crippen molar-refractivity contribution in [3.05, 3.63) is 53.1 Å². The number of hydrogen-bond acceptors (Lipinski definition) is 4. The fraction of sp³-hybridized carbons (Fsp3) is 0.333. The molecule has 0 heterocycles. The molecule has 0 amide bonds. The Morgan fingerprint density at radius 3 is 2.31 bits per heavy atom. The Balaban J connectivity index is 2.25. The molecule has 0 saturated carbocycles. The van der Waals surface area contributed by atoms with Gasteiger partial charge in [0.1, 0.15) is 0 Å². The highest BCUT2D eigenvalue weighted by Crippen LogP contribution is 2.30. The van der Waals surface area contributed by atoms with Gasteiger partial charge < -0.3 is 9.47 Å². The molecule has 0 bridgehead atoms. The lowest BCUT2D eigenvalue weighted by atomic mass is 10.1. The van der Waals surface area contributed by atoms with Crippen LogP contribution in [0, 0.1) is 13.8 Å². The highest BCUT2D eigenvalue weighted by atomic mass is 32.2. The first-order chi connectivity index (χ1) is 12.1. The molecule has 0 aliphatic carbocycles. The van der Waals surface area contributed by atoms with Crippen molar-refractivity contribution in [3.8, 4) is 11.5 Å². The zero-order valence-electron chi connectivity index (χ0n) is 15.0. The summed E-state index contributed by atoms with van der Waals surface area (Å²) in [7, 11) is -0.899. The Labute approximate surface area is 152 Å². The maximum Gasteiger partial charge on any atom is 0.387 e. The molecule has 5 nitrogen and oxygen atoms in total. The summed E-state index contributed by atoms with van der Waals surface area (Å²) in [6.07, 6.45) is 0. The van der Waals surface area contributed by atoms with E-state index in [1.54, 1.807) is 18.2 Å². The molecule has 0 N–H and O–H groups in total. The van der Waals surface area contributed by atoms with Crippen molar-refractivity contribution in [1.29, 1.82) is 0 Å². The molecule has 142 valence electrons. The normalized spacial score (nSPS) is 11.8. The van der Waals surface area contributed by atoms with E-state index in [4.69, 9.17) is 4.74 Å². The van der Waals surface area contributed by atoms with Gasteiger partial charge in [0.15, 0.2) is 11.5 Å². The van der Waals surface area contributed by atoms with Gasteiger partial charge in [-0.15, -0.1) is 0 Å². The van der Waals surface area contributed by atoms with Gasteiger partial charge >= 0.3 is 6.61 Å². The maximum absolute atomic E-state index is 12.7. The van der Waals surface area contributed by atoms with Gasteiger partial charge in [0.05, 0.1) is 12.0 Å². The predicted octanol–water partition coefficient (Wildman–Crippen LogP) is 3.73. The van der Waals surface area contributed by atoms with Crippen LogP contribution in [0.15, 0.2) is 41.3 Å². The Morgan fingerprint density at radius 1 is 1.04 bits per heavy atom. The third-order valence-corrected chi connectivity index (χ3v) is 5.84. The SMILES string of the molecule is COc1cc(CN(C)S(=O)(=O)c2ccc(C)c(C)c2)ccc1OC(F)F. The lowest BCUT2D eigenvalue weighted by Gasteiger charge is -2.19. The van der Waals surface area contributed by atoms with Crippen molar-refractivity contribution in [2.24, 2.45) is 0 Å². The van der Waals surface area contributed by atoms with Crippen molar-refractivity contribution in [2.75, 3.05) is 14.2 Å². The molecule has 0 radical (unpaired) electrons. The molecular weight excluding hydrogens is 364 g/mol. The Hall–Kier alpha value is -2.19. The Kier molecular flexibility index (Phi) is 6.20. The van der Waals surface area contributed by atoms with Crippen LogP contribution in [-0.2, 0) is 16.6 Å². The van der Waals surface area contributed by atoms with Gasteiger partial charge in [-0.05, 0) is 54.8 Å². The summed E-state index contributed by atoms with van der Waals surface area (Å²) >= 11 is 0. The van der Waals surface area contributed by atoms with Crippen LogP contribution >= 0.6 is 0 Å². The summed E-state index contributed by atoms with van der Waals surface area (Å²) in [5, 5.41) is 0. The first kappa shape index (κ1) is 20.1. The molecule has 8 heteroatoms. The number of methoxy groups -OCH3 is 1. The molecule has 0 aromatic heterocycles. The quantitative estimate of drug-likeness (QED) is 0.729. The van der Waals surface area contributed by atoms with E-state index in [2.05, 4.69) is 4.74 Å². The second kappa shape index (κ2) is 8.01. The zero-order chi connectivity index (χ0) is 19.5. The third-order valence-electron chi connectivity index (χ3n) is 4.04. The monoisotopic (exact) mass is 385 g/mol. The fourth-order valence-electron chi connectivity index (χ4n) is 2.40. The molecular formula is C18H21F2NO4S. The van der Waals surface area contributed by atoms with Crippen LogP contribution in [-0.4, -0.2) is 33.5 Å². The van der Waals surface area contributed by atoms with E-state index in [0.29, 0.717) is 5.56 Å². The third kappa shape index (κ3) is 4.50. The number of ether oxygens (including phenoxy) is 2. The Morgan fingerprint density at radius 2 is 1.73 bits per heavy atom. The lowest BCUT2D eigenvalue weighted by molar-refractivity contribution is -0.0512. The molecule has 2 rings (SSSR count). The van der Waals surface area contributed by atoms with Crippen LogP contribution in [0.5, 0.6) is 11.5 Å². The summed E-state index contributed by atoms with van der Waals surface area (Å²) < 4.78 is 60.9. The number of sulfonamides is 1. The van der Waals surface area contributed by atoms with Crippen molar-refractivity contribution in [2.45, 2.75) is 31.9 Å². The molecule has 0 aliphatic rings. The van der Waals surface area contributed by atoms with E-state index in [-0.39, 0.29) is 22.9 Å². The molecule has 0 atom stereocenters. The van der Waals surface area contributed by atoms with E-state index < -0.39 is 16.6 Å².